The molecule has 0 bridgehead atoms. The van der Waals surface area contributed by atoms with Crippen LogP contribution >= 0.6 is 0 Å². The Kier molecular flexibility index (Phi) is 5.89. The molecule has 7 nitrogen and oxygen atoms in total. The van der Waals surface area contributed by atoms with Crippen molar-refractivity contribution in [3.05, 3.63) is 84.4 Å². The number of rotatable bonds is 6. The van der Waals surface area contributed by atoms with Gasteiger partial charge in [-0.3, -0.25) is 4.90 Å². The zero-order chi connectivity index (χ0) is 21.8. The van der Waals surface area contributed by atoms with Gasteiger partial charge in [0.25, 0.3) is 0 Å². The minimum absolute atomic E-state index is 0.189. The predicted octanol–water partition coefficient (Wildman–Crippen LogP) is 3.91. The number of benzene rings is 2. The molecule has 3 heterocycles. The Morgan fingerprint density at radius 1 is 0.969 bits per heavy atom. The molecule has 0 aliphatic carbocycles. The summed E-state index contributed by atoms with van der Waals surface area (Å²) in [7, 11) is 0. The summed E-state index contributed by atoms with van der Waals surface area (Å²) in [5, 5.41) is 9.94. The molecule has 2 aromatic carbocycles. The van der Waals surface area contributed by atoms with E-state index in [0.29, 0.717) is 31.2 Å². The van der Waals surface area contributed by atoms with Gasteiger partial charge in [-0.2, -0.15) is 4.98 Å². The molecule has 2 aliphatic heterocycles. The SMILES string of the molecule is OC1CCN(c2nc(-c3ccccc3)cc(N(Cc3ccccc3)C3=COCO3)n2)CC1. The van der Waals surface area contributed by atoms with Gasteiger partial charge in [0.05, 0.1) is 18.3 Å². The summed E-state index contributed by atoms with van der Waals surface area (Å²) in [6, 6.07) is 22.3. The van der Waals surface area contributed by atoms with Crippen LogP contribution in [0.5, 0.6) is 0 Å². The molecule has 0 atom stereocenters. The fraction of sp³-hybridized carbons (Fsp3) is 0.280. The topological polar surface area (TPSA) is 71.0 Å². The number of aliphatic hydroxyl groups is 1. The van der Waals surface area contributed by atoms with Crippen molar-refractivity contribution in [1.29, 1.82) is 0 Å². The molecule has 1 saturated heterocycles. The molecule has 2 aliphatic rings. The average Bonchev–Trinajstić information content (AvgIpc) is 3.39. The van der Waals surface area contributed by atoms with Crippen molar-refractivity contribution in [2.45, 2.75) is 25.5 Å². The molecule has 7 heteroatoms. The van der Waals surface area contributed by atoms with Gasteiger partial charge in [0, 0.05) is 24.7 Å². The Bertz CT molecular complexity index is 1070. The zero-order valence-corrected chi connectivity index (χ0v) is 17.8. The number of nitrogens with zero attached hydrogens (tertiary/aromatic N) is 4. The number of piperidine rings is 1. The Morgan fingerprint density at radius 2 is 1.69 bits per heavy atom. The van der Waals surface area contributed by atoms with Crippen molar-refractivity contribution in [2.24, 2.45) is 0 Å². The van der Waals surface area contributed by atoms with Gasteiger partial charge in [-0.15, -0.1) is 0 Å². The van der Waals surface area contributed by atoms with E-state index in [2.05, 4.69) is 17.0 Å². The van der Waals surface area contributed by atoms with E-state index in [4.69, 9.17) is 19.4 Å². The van der Waals surface area contributed by atoms with E-state index in [1.807, 2.05) is 59.5 Å². The lowest BCUT2D eigenvalue weighted by atomic mass is 10.1. The van der Waals surface area contributed by atoms with E-state index in [1.165, 1.54) is 0 Å². The van der Waals surface area contributed by atoms with E-state index >= 15 is 0 Å². The first-order chi connectivity index (χ1) is 15.8. The summed E-state index contributed by atoms with van der Waals surface area (Å²) in [4.78, 5) is 14.0. The van der Waals surface area contributed by atoms with Crippen LogP contribution in [0, 0.1) is 0 Å². The minimum Gasteiger partial charge on any atom is -0.459 e. The summed E-state index contributed by atoms with van der Waals surface area (Å²) >= 11 is 0. The molecule has 0 radical (unpaired) electrons. The summed E-state index contributed by atoms with van der Waals surface area (Å²) in [6.07, 6.45) is 2.80. The van der Waals surface area contributed by atoms with Gasteiger partial charge in [-0.05, 0) is 18.4 Å². The highest BCUT2D eigenvalue weighted by atomic mass is 16.7. The summed E-state index contributed by atoms with van der Waals surface area (Å²) in [6.45, 7) is 2.22. The summed E-state index contributed by atoms with van der Waals surface area (Å²) in [5.41, 5.74) is 2.99. The van der Waals surface area contributed by atoms with E-state index < -0.39 is 0 Å². The van der Waals surface area contributed by atoms with Crippen molar-refractivity contribution in [2.75, 3.05) is 29.7 Å². The molecule has 1 fully saturated rings. The van der Waals surface area contributed by atoms with Crippen LogP contribution in [0.1, 0.15) is 18.4 Å². The van der Waals surface area contributed by atoms with Gasteiger partial charge in [0.1, 0.15) is 12.1 Å². The van der Waals surface area contributed by atoms with E-state index in [-0.39, 0.29) is 12.9 Å². The third-order valence-corrected chi connectivity index (χ3v) is 5.70. The lowest BCUT2D eigenvalue weighted by Gasteiger charge is -2.31. The standard InChI is InChI=1S/C25H26N4O3/c30-21-11-13-28(14-12-21)25-26-22(20-9-5-2-6-10-20)15-23(27-25)29(24-17-31-18-32-24)16-19-7-3-1-4-8-19/h1-10,15,17,21,30H,11-14,16,18H2. The van der Waals surface area contributed by atoms with Crippen molar-refractivity contribution in [3.8, 4) is 11.3 Å². The first kappa shape index (κ1) is 20.3. The second-order valence-electron chi connectivity index (χ2n) is 7.95. The summed E-state index contributed by atoms with van der Waals surface area (Å²) in [5.74, 6) is 2.01. The van der Waals surface area contributed by atoms with Crippen molar-refractivity contribution in [3.63, 3.8) is 0 Å². The minimum atomic E-state index is -0.258. The van der Waals surface area contributed by atoms with Gasteiger partial charge in [0.2, 0.25) is 18.6 Å². The van der Waals surface area contributed by atoms with Crippen LogP contribution in [0.4, 0.5) is 11.8 Å². The third-order valence-electron chi connectivity index (χ3n) is 5.70. The third kappa shape index (κ3) is 4.53. The van der Waals surface area contributed by atoms with E-state index in [1.54, 1.807) is 6.26 Å². The lowest BCUT2D eigenvalue weighted by molar-refractivity contribution is 0.0781. The summed E-state index contributed by atoms with van der Waals surface area (Å²) < 4.78 is 11.1. The van der Waals surface area contributed by atoms with Gasteiger partial charge < -0.3 is 19.5 Å². The Labute approximate surface area is 187 Å². The average molecular weight is 431 g/mol. The van der Waals surface area contributed by atoms with Gasteiger partial charge in [0.15, 0.2) is 0 Å². The Morgan fingerprint density at radius 3 is 2.38 bits per heavy atom. The molecule has 0 saturated carbocycles. The maximum absolute atomic E-state index is 9.94. The largest absolute Gasteiger partial charge is 0.459 e. The molecule has 0 amide bonds. The van der Waals surface area contributed by atoms with Crippen LogP contribution in [0.3, 0.4) is 0 Å². The molecule has 32 heavy (non-hydrogen) atoms. The van der Waals surface area contributed by atoms with Crippen molar-refractivity contribution in [1.82, 2.24) is 9.97 Å². The van der Waals surface area contributed by atoms with Crippen LogP contribution in [-0.4, -0.2) is 41.1 Å². The van der Waals surface area contributed by atoms with Crippen LogP contribution in [0.15, 0.2) is 78.9 Å². The normalized spacial score (nSPS) is 16.3. The highest BCUT2D eigenvalue weighted by Gasteiger charge is 2.24. The Balaban J connectivity index is 1.57. The number of hydrogen-bond acceptors (Lipinski definition) is 7. The number of aliphatic hydroxyl groups excluding tert-OH is 1. The molecule has 3 aromatic rings. The lowest BCUT2D eigenvalue weighted by Crippen LogP contribution is -2.37. The molecule has 1 N–H and O–H groups in total. The molecule has 164 valence electrons. The fourth-order valence-corrected chi connectivity index (χ4v) is 3.94. The van der Waals surface area contributed by atoms with Gasteiger partial charge in [-0.25, -0.2) is 4.98 Å². The molecule has 0 spiro atoms. The van der Waals surface area contributed by atoms with Gasteiger partial charge in [-0.1, -0.05) is 60.7 Å². The number of anilines is 2. The van der Waals surface area contributed by atoms with Crippen LogP contribution in [-0.2, 0) is 16.0 Å². The van der Waals surface area contributed by atoms with E-state index in [9.17, 15) is 5.11 Å². The molecule has 5 rings (SSSR count). The molecular weight excluding hydrogens is 404 g/mol. The van der Waals surface area contributed by atoms with Crippen molar-refractivity contribution < 1.29 is 14.6 Å². The molecular formula is C25H26N4O3. The molecule has 1 aromatic heterocycles. The predicted molar refractivity (Wildman–Crippen MR) is 123 cm³/mol. The second kappa shape index (κ2) is 9.28. The van der Waals surface area contributed by atoms with Crippen LogP contribution in [0.2, 0.25) is 0 Å². The fourth-order valence-electron chi connectivity index (χ4n) is 3.94. The highest BCUT2D eigenvalue weighted by molar-refractivity contribution is 5.66. The quantitative estimate of drug-likeness (QED) is 0.636. The van der Waals surface area contributed by atoms with Gasteiger partial charge >= 0.3 is 0 Å². The zero-order valence-electron chi connectivity index (χ0n) is 17.8. The number of ether oxygens (including phenoxy) is 2. The maximum atomic E-state index is 9.94. The van der Waals surface area contributed by atoms with Crippen molar-refractivity contribution >= 4 is 11.8 Å². The highest BCUT2D eigenvalue weighted by Crippen LogP contribution is 2.30. The number of aromatic nitrogens is 2. The second-order valence-corrected chi connectivity index (χ2v) is 7.95. The van der Waals surface area contributed by atoms with Crippen LogP contribution < -0.4 is 9.80 Å². The first-order valence-electron chi connectivity index (χ1n) is 10.9. The van der Waals surface area contributed by atoms with Crippen LogP contribution in [0.25, 0.3) is 11.3 Å². The molecule has 0 unspecified atom stereocenters. The Hall–Kier alpha value is -3.58. The smallest absolute Gasteiger partial charge is 0.234 e. The van der Waals surface area contributed by atoms with E-state index in [0.717, 1.165) is 35.7 Å². The first-order valence-corrected chi connectivity index (χ1v) is 10.9. The monoisotopic (exact) mass is 430 g/mol. The maximum Gasteiger partial charge on any atom is 0.234 e. The number of hydrogen-bond donors (Lipinski definition) is 1.